The van der Waals surface area contributed by atoms with Crippen LogP contribution in [0.4, 0.5) is 0 Å². The summed E-state index contributed by atoms with van der Waals surface area (Å²) in [5, 5.41) is 3.14. The van der Waals surface area contributed by atoms with Crippen molar-refractivity contribution in [2.45, 2.75) is 20.3 Å². The highest BCUT2D eigenvalue weighted by Crippen LogP contribution is 2.42. The van der Waals surface area contributed by atoms with E-state index in [0.29, 0.717) is 5.75 Å². The van der Waals surface area contributed by atoms with E-state index >= 15 is 0 Å². The Morgan fingerprint density at radius 2 is 1.32 bits per heavy atom. The van der Waals surface area contributed by atoms with Crippen molar-refractivity contribution in [3.63, 3.8) is 0 Å². The lowest BCUT2D eigenvalue weighted by Gasteiger charge is -2.15. The van der Waals surface area contributed by atoms with Crippen LogP contribution in [0.15, 0.2) is 121 Å². The maximum atomic E-state index is 6.02. The summed E-state index contributed by atoms with van der Waals surface area (Å²) >= 11 is 6.02. The summed E-state index contributed by atoms with van der Waals surface area (Å²) in [7, 11) is 0. The SMILES string of the molecule is CCC.ClOc1c(-c2ccc(-c3nc4ccccc4n3-c3ccccc3)c3ccccc23)ccc2cccnc12. The number of halogens is 1. The van der Waals surface area contributed by atoms with Gasteiger partial charge in [0.25, 0.3) is 0 Å². The van der Waals surface area contributed by atoms with Gasteiger partial charge in [-0.3, -0.25) is 9.55 Å². The lowest BCUT2D eigenvalue weighted by atomic mass is 9.93. The molecule has 0 N–H and O–H groups in total. The third kappa shape index (κ3) is 4.47. The lowest BCUT2D eigenvalue weighted by Crippen LogP contribution is -1.98. The van der Waals surface area contributed by atoms with Gasteiger partial charge in [-0.05, 0) is 58.8 Å². The van der Waals surface area contributed by atoms with E-state index in [-0.39, 0.29) is 0 Å². The van der Waals surface area contributed by atoms with E-state index in [0.717, 1.165) is 60.9 Å². The molecule has 40 heavy (non-hydrogen) atoms. The van der Waals surface area contributed by atoms with Crippen molar-refractivity contribution in [1.29, 1.82) is 0 Å². The molecule has 0 bridgehead atoms. The molecule has 7 aromatic rings. The number of rotatable bonds is 4. The Hall–Kier alpha value is -4.67. The second-order valence-electron chi connectivity index (χ2n) is 9.60. The van der Waals surface area contributed by atoms with Gasteiger partial charge in [0.1, 0.15) is 23.2 Å². The second kappa shape index (κ2) is 11.2. The van der Waals surface area contributed by atoms with E-state index < -0.39 is 0 Å². The largest absolute Gasteiger partial charge is 0.383 e. The number of benzene rings is 5. The molecular weight excluding hydrogens is 514 g/mol. The van der Waals surface area contributed by atoms with Gasteiger partial charge >= 0.3 is 0 Å². The van der Waals surface area contributed by atoms with Crippen LogP contribution in [0.25, 0.3) is 60.9 Å². The molecule has 0 unspecified atom stereocenters. The average Bonchev–Trinajstić information content (AvgIpc) is 3.40. The van der Waals surface area contributed by atoms with Gasteiger partial charge in [0.2, 0.25) is 0 Å². The van der Waals surface area contributed by atoms with E-state index in [1.165, 1.54) is 6.42 Å². The van der Waals surface area contributed by atoms with E-state index in [1.807, 2.05) is 30.3 Å². The summed E-state index contributed by atoms with van der Waals surface area (Å²) < 4.78 is 7.61. The highest BCUT2D eigenvalue weighted by Gasteiger charge is 2.20. The summed E-state index contributed by atoms with van der Waals surface area (Å²) in [5.41, 5.74) is 6.77. The van der Waals surface area contributed by atoms with Gasteiger partial charge in [-0.1, -0.05) is 93.1 Å². The number of aromatic nitrogens is 3. The van der Waals surface area contributed by atoms with Crippen molar-refractivity contribution in [2.75, 3.05) is 0 Å². The summed E-state index contributed by atoms with van der Waals surface area (Å²) in [6.45, 7) is 4.25. The Bertz CT molecular complexity index is 1950. The third-order valence-corrected chi connectivity index (χ3v) is 6.99. The zero-order chi connectivity index (χ0) is 27.5. The molecule has 0 amide bonds. The fourth-order valence-corrected chi connectivity index (χ4v) is 5.34. The molecule has 196 valence electrons. The van der Waals surface area contributed by atoms with Crippen LogP contribution < -0.4 is 4.29 Å². The third-order valence-electron chi connectivity index (χ3n) is 6.84. The highest BCUT2D eigenvalue weighted by molar-refractivity contribution is 6.13. The molecule has 0 saturated heterocycles. The molecule has 5 aromatic carbocycles. The Morgan fingerprint density at radius 1 is 0.675 bits per heavy atom. The molecule has 0 aliphatic carbocycles. The van der Waals surface area contributed by atoms with Gasteiger partial charge in [0, 0.05) is 28.4 Å². The minimum absolute atomic E-state index is 0.550. The molecule has 2 aromatic heterocycles. The van der Waals surface area contributed by atoms with Crippen LogP contribution in [-0.4, -0.2) is 14.5 Å². The molecule has 0 atom stereocenters. The Balaban J connectivity index is 0.000000925. The molecule has 5 heteroatoms. The van der Waals surface area contributed by atoms with Crippen molar-refractivity contribution in [3.05, 3.63) is 121 Å². The number of hydrogen-bond donors (Lipinski definition) is 0. The van der Waals surface area contributed by atoms with Crippen molar-refractivity contribution in [3.8, 4) is 34.0 Å². The zero-order valence-corrected chi connectivity index (χ0v) is 23.1. The standard InChI is InChI=1S/C32H20ClN3O.C3H8/c33-37-31-26(17-16-21-9-8-20-34-30(21)31)25-18-19-27(24-13-5-4-12-23(24)25)32-35-28-14-6-7-15-29(28)36(32)22-10-2-1-3-11-22;1-3-2/h1-20H;3H2,1-2H3. The van der Waals surface area contributed by atoms with Crippen LogP contribution in [0.5, 0.6) is 5.75 Å². The first-order chi connectivity index (χ1) is 19.7. The van der Waals surface area contributed by atoms with Crippen molar-refractivity contribution >= 4 is 44.6 Å². The number of para-hydroxylation sites is 3. The first-order valence-corrected chi connectivity index (χ1v) is 13.8. The molecule has 0 aliphatic rings. The van der Waals surface area contributed by atoms with E-state index in [2.05, 4.69) is 108 Å². The Kier molecular flexibility index (Phi) is 7.17. The van der Waals surface area contributed by atoms with Crippen molar-refractivity contribution < 1.29 is 4.29 Å². The van der Waals surface area contributed by atoms with E-state index in [4.69, 9.17) is 21.1 Å². The molecule has 0 fully saturated rings. The minimum atomic E-state index is 0.550. The van der Waals surface area contributed by atoms with Gasteiger partial charge in [0.15, 0.2) is 5.75 Å². The first-order valence-electron chi connectivity index (χ1n) is 13.5. The van der Waals surface area contributed by atoms with E-state index in [1.54, 1.807) is 6.20 Å². The number of hydrogen-bond acceptors (Lipinski definition) is 3. The Morgan fingerprint density at radius 3 is 2.10 bits per heavy atom. The molecule has 2 heterocycles. The van der Waals surface area contributed by atoms with E-state index in [9.17, 15) is 0 Å². The van der Waals surface area contributed by atoms with Gasteiger partial charge in [-0.25, -0.2) is 4.98 Å². The fourth-order valence-electron chi connectivity index (χ4n) is 5.18. The van der Waals surface area contributed by atoms with Crippen molar-refractivity contribution in [2.24, 2.45) is 0 Å². The molecular formula is C35H28ClN3O. The summed E-state index contributed by atoms with van der Waals surface area (Å²) in [6.07, 6.45) is 3.00. The minimum Gasteiger partial charge on any atom is -0.383 e. The van der Waals surface area contributed by atoms with Gasteiger partial charge in [0.05, 0.1) is 11.0 Å². The normalized spacial score (nSPS) is 11.0. The lowest BCUT2D eigenvalue weighted by molar-refractivity contribution is 0.627. The quantitative estimate of drug-likeness (QED) is 0.222. The summed E-state index contributed by atoms with van der Waals surface area (Å²) in [4.78, 5) is 9.62. The molecule has 0 radical (unpaired) electrons. The topological polar surface area (TPSA) is 39.9 Å². The smallest absolute Gasteiger partial charge is 0.180 e. The van der Waals surface area contributed by atoms with Crippen LogP contribution in [0.3, 0.4) is 0 Å². The van der Waals surface area contributed by atoms with Crippen LogP contribution >= 0.6 is 11.9 Å². The summed E-state index contributed by atoms with van der Waals surface area (Å²) in [5.74, 6) is 1.44. The van der Waals surface area contributed by atoms with Gasteiger partial charge in [-0.2, -0.15) is 0 Å². The Labute approximate surface area is 238 Å². The first kappa shape index (κ1) is 25.6. The maximum absolute atomic E-state index is 6.02. The zero-order valence-electron chi connectivity index (χ0n) is 22.4. The molecule has 0 aliphatic heterocycles. The maximum Gasteiger partial charge on any atom is 0.180 e. The number of fused-ring (bicyclic) bond motifs is 3. The van der Waals surface area contributed by atoms with Crippen LogP contribution in [0.2, 0.25) is 0 Å². The van der Waals surface area contributed by atoms with Crippen molar-refractivity contribution in [1.82, 2.24) is 14.5 Å². The number of pyridine rings is 1. The predicted molar refractivity (Wildman–Crippen MR) is 167 cm³/mol. The van der Waals surface area contributed by atoms with Crippen LogP contribution in [0.1, 0.15) is 20.3 Å². The number of nitrogens with zero attached hydrogens (tertiary/aromatic N) is 3. The average molecular weight is 542 g/mol. The van der Waals surface area contributed by atoms with Gasteiger partial charge in [-0.15, -0.1) is 0 Å². The molecule has 0 spiro atoms. The van der Waals surface area contributed by atoms with Crippen LogP contribution in [0, 0.1) is 0 Å². The second-order valence-corrected chi connectivity index (χ2v) is 9.76. The molecule has 0 saturated carbocycles. The summed E-state index contributed by atoms with van der Waals surface area (Å²) in [6, 6.07) is 39.2. The molecule has 7 rings (SSSR count). The van der Waals surface area contributed by atoms with Crippen LogP contribution in [-0.2, 0) is 0 Å². The predicted octanol–water partition coefficient (Wildman–Crippen LogP) is 10.0. The fraction of sp³-hybridized carbons (Fsp3) is 0.0857. The highest BCUT2D eigenvalue weighted by atomic mass is 35.5. The molecule has 4 nitrogen and oxygen atoms in total. The monoisotopic (exact) mass is 541 g/mol. The number of imidazole rings is 1. The van der Waals surface area contributed by atoms with Gasteiger partial charge < -0.3 is 4.29 Å².